The zero-order chi connectivity index (χ0) is 11.3. The van der Waals surface area contributed by atoms with Gasteiger partial charge < -0.3 is 9.47 Å². The summed E-state index contributed by atoms with van der Waals surface area (Å²) in [6, 6.07) is 2.33. The highest BCUT2D eigenvalue weighted by atomic mass is 16.5. The lowest BCUT2D eigenvalue weighted by atomic mass is 9.83. The summed E-state index contributed by atoms with van der Waals surface area (Å²) in [5.41, 5.74) is -0.435. The zero-order valence-corrected chi connectivity index (χ0v) is 8.93. The zero-order valence-electron chi connectivity index (χ0n) is 8.93. The summed E-state index contributed by atoms with van der Waals surface area (Å²) in [5, 5.41) is 9.20. The molecule has 1 aliphatic heterocycles. The van der Waals surface area contributed by atoms with Crippen molar-refractivity contribution in [3.05, 3.63) is 18.6 Å². The predicted octanol–water partition coefficient (Wildman–Crippen LogP) is 1.18. The Hall–Kier alpha value is -1.67. The van der Waals surface area contributed by atoms with Gasteiger partial charge in [-0.1, -0.05) is 0 Å². The number of ether oxygens (including phenoxy) is 2. The molecule has 0 atom stereocenters. The van der Waals surface area contributed by atoms with Crippen molar-refractivity contribution >= 4 is 0 Å². The fourth-order valence-corrected chi connectivity index (χ4v) is 1.62. The number of hydrogen-bond donors (Lipinski definition) is 0. The van der Waals surface area contributed by atoms with E-state index in [9.17, 15) is 5.26 Å². The minimum absolute atomic E-state index is 0.353. The van der Waals surface area contributed by atoms with Crippen LogP contribution in [0.3, 0.4) is 0 Å². The molecule has 0 unspecified atom stereocenters. The van der Waals surface area contributed by atoms with Crippen molar-refractivity contribution in [3.63, 3.8) is 0 Å². The number of nitrogens with zero attached hydrogens (tertiary/aromatic N) is 3. The van der Waals surface area contributed by atoms with E-state index in [1.54, 1.807) is 18.6 Å². The van der Waals surface area contributed by atoms with Crippen LogP contribution < -0.4 is 4.74 Å². The monoisotopic (exact) mass is 219 g/mol. The molecule has 0 radical (unpaired) electrons. The predicted molar refractivity (Wildman–Crippen MR) is 55.6 cm³/mol. The van der Waals surface area contributed by atoms with E-state index in [1.807, 2.05) is 0 Å². The lowest BCUT2D eigenvalue weighted by Crippen LogP contribution is -2.34. The first kappa shape index (κ1) is 10.8. The maximum atomic E-state index is 9.20. The van der Waals surface area contributed by atoms with E-state index in [2.05, 4.69) is 16.0 Å². The average Bonchev–Trinajstić information content (AvgIpc) is 2.39. The van der Waals surface area contributed by atoms with E-state index in [4.69, 9.17) is 9.47 Å². The van der Waals surface area contributed by atoms with Gasteiger partial charge in [-0.3, -0.25) is 4.98 Å². The number of hydrogen-bond acceptors (Lipinski definition) is 5. The third-order valence-electron chi connectivity index (χ3n) is 2.72. The second-order valence-electron chi connectivity index (χ2n) is 3.84. The third kappa shape index (κ3) is 2.47. The molecule has 0 saturated carbocycles. The summed E-state index contributed by atoms with van der Waals surface area (Å²) in [6.45, 7) is 1.60. The van der Waals surface area contributed by atoms with Crippen LogP contribution in [0, 0.1) is 16.7 Å². The molecule has 5 nitrogen and oxygen atoms in total. The lowest BCUT2D eigenvalue weighted by Gasteiger charge is -2.29. The molecule has 5 heteroatoms. The van der Waals surface area contributed by atoms with Gasteiger partial charge >= 0.3 is 0 Å². The van der Waals surface area contributed by atoms with Crippen LogP contribution in [0.2, 0.25) is 0 Å². The maximum Gasteiger partial charge on any atom is 0.232 e. The highest BCUT2D eigenvalue weighted by Crippen LogP contribution is 2.30. The summed E-state index contributed by atoms with van der Waals surface area (Å²) in [6.07, 6.45) is 6.12. The Morgan fingerprint density at radius 3 is 2.88 bits per heavy atom. The van der Waals surface area contributed by atoms with Crippen LogP contribution in [-0.2, 0) is 4.74 Å². The topological polar surface area (TPSA) is 68.0 Å². The smallest absolute Gasteiger partial charge is 0.232 e. The van der Waals surface area contributed by atoms with Crippen molar-refractivity contribution in [2.75, 3.05) is 19.8 Å². The van der Waals surface area contributed by atoms with Crippen molar-refractivity contribution in [1.29, 1.82) is 5.26 Å². The molecular weight excluding hydrogens is 206 g/mol. The summed E-state index contributed by atoms with van der Waals surface area (Å²) in [5.74, 6) is 0.462. The Morgan fingerprint density at radius 1 is 1.44 bits per heavy atom. The Kier molecular flexibility index (Phi) is 3.32. The fourth-order valence-electron chi connectivity index (χ4n) is 1.62. The lowest BCUT2D eigenvalue weighted by molar-refractivity contribution is 0.0182. The molecule has 0 spiro atoms. The number of aromatic nitrogens is 2. The van der Waals surface area contributed by atoms with Gasteiger partial charge in [-0.05, 0) is 12.8 Å². The molecule has 1 aliphatic rings. The first-order valence-corrected chi connectivity index (χ1v) is 5.22. The van der Waals surface area contributed by atoms with E-state index in [0.29, 0.717) is 38.5 Å². The highest BCUT2D eigenvalue weighted by molar-refractivity contribution is 5.05. The minimum atomic E-state index is -0.435. The van der Waals surface area contributed by atoms with Gasteiger partial charge in [0.15, 0.2) is 0 Å². The molecule has 1 saturated heterocycles. The maximum absolute atomic E-state index is 9.20. The van der Waals surface area contributed by atoms with Crippen LogP contribution in [0.15, 0.2) is 18.6 Å². The molecule has 1 aromatic rings. The first-order valence-electron chi connectivity index (χ1n) is 5.22. The molecular formula is C11H13N3O2. The summed E-state index contributed by atoms with van der Waals surface area (Å²) in [4.78, 5) is 7.91. The van der Waals surface area contributed by atoms with Gasteiger partial charge in [0, 0.05) is 25.6 Å². The molecule has 0 aromatic carbocycles. The summed E-state index contributed by atoms with van der Waals surface area (Å²) in [7, 11) is 0. The second-order valence-corrected chi connectivity index (χ2v) is 3.84. The molecule has 0 aliphatic carbocycles. The van der Waals surface area contributed by atoms with Crippen LogP contribution in [-0.4, -0.2) is 29.8 Å². The number of rotatable bonds is 3. The van der Waals surface area contributed by atoms with E-state index in [0.717, 1.165) is 0 Å². The van der Waals surface area contributed by atoms with E-state index >= 15 is 0 Å². The van der Waals surface area contributed by atoms with E-state index in [1.165, 1.54) is 0 Å². The van der Waals surface area contributed by atoms with Gasteiger partial charge in [-0.25, -0.2) is 4.98 Å². The molecule has 2 heterocycles. The van der Waals surface area contributed by atoms with Gasteiger partial charge in [-0.15, -0.1) is 0 Å². The second kappa shape index (κ2) is 4.90. The molecule has 0 amide bonds. The van der Waals surface area contributed by atoms with Crippen molar-refractivity contribution in [1.82, 2.24) is 9.97 Å². The molecule has 2 rings (SSSR count). The first-order chi connectivity index (χ1) is 7.85. The number of nitriles is 1. The van der Waals surface area contributed by atoms with Gasteiger partial charge in [0.05, 0.1) is 17.7 Å². The molecule has 0 bridgehead atoms. The molecule has 1 aromatic heterocycles. The molecule has 1 fully saturated rings. The molecule has 84 valence electrons. The standard InChI is InChI=1S/C11H13N3O2/c12-8-11(1-5-15-6-2-11)9-16-10-7-13-3-4-14-10/h3-4,7H,1-2,5-6,9H2. The van der Waals surface area contributed by atoms with Crippen LogP contribution in [0.4, 0.5) is 0 Å². The van der Waals surface area contributed by atoms with Crippen LogP contribution >= 0.6 is 0 Å². The van der Waals surface area contributed by atoms with Crippen LogP contribution in [0.5, 0.6) is 5.88 Å². The Labute approximate surface area is 94.0 Å². The third-order valence-corrected chi connectivity index (χ3v) is 2.72. The van der Waals surface area contributed by atoms with Gasteiger partial charge in [-0.2, -0.15) is 5.26 Å². The Bertz CT molecular complexity index is 369. The average molecular weight is 219 g/mol. The quantitative estimate of drug-likeness (QED) is 0.763. The summed E-state index contributed by atoms with van der Waals surface area (Å²) < 4.78 is 10.7. The summed E-state index contributed by atoms with van der Waals surface area (Å²) >= 11 is 0. The Morgan fingerprint density at radius 2 is 2.25 bits per heavy atom. The SMILES string of the molecule is N#CC1(COc2cnccn2)CCOCC1. The van der Waals surface area contributed by atoms with Crippen molar-refractivity contribution < 1.29 is 9.47 Å². The highest BCUT2D eigenvalue weighted by Gasteiger charge is 2.33. The van der Waals surface area contributed by atoms with Crippen LogP contribution in [0.1, 0.15) is 12.8 Å². The van der Waals surface area contributed by atoms with Crippen molar-refractivity contribution in [2.24, 2.45) is 5.41 Å². The van der Waals surface area contributed by atoms with Gasteiger partial charge in [0.1, 0.15) is 6.61 Å². The molecule has 16 heavy (non-hydrogen) atoms. The Balaban J connectivity index is 1.95. The fraction of sp³-hybridized carbons (Fsp3) is 0.545. The van der Waals surface area contributed by atoms with Gasteiger partial charge in [0.25, 0.3) is 0 Å². The molecule has 0 N–H and O–H groups in total. The van der Waals surface area contributed by atoms with Crippen molar-refractivity contribution in [2.45, 2.75) is 12.8 Å². The van der Waals surface area contributed by atoms with Gasteiger partial charge in [0.2, 0.25) is 5.88 Å². The normalized spacial score (nSPS) is 18.7. The largest absolute Gasteiger partial charge is 0.475 e. The van der Waals surface area contributed by atoms with E-state index in [-0.39, 0.29) is 0 Å². The van der Waals surface area contributed by atoms with Crippen molar-refractivity contribution in [3.8, 4) is 11.9 Å². The minimum Gasteiger partial charge on any atom is -0.475 e. The van der Waals surface area contributed by atoms with Crippen LogP contribution in [0.25, 0.3) is 0 Å². The van der Waals surface area contributed by atoms with E-state index < -0.39 is 5.41 Å².